The molecule has 2 aromatic rings. The van der Waals surface area contributed by atoms with Gasteiger partial charge in [0.1, 0.15) is 5.82 Å². The molecule has 4 atom stereocenters. The number of ether oxygens (including phenoxy) is 1. The Balaban J connectivity index is 1.37. The normalized spacial score (nSPS) is 28.5. The van der Waals surface area contributed by atoms with Gasteiger partial charge in [0, 0.05) is 44.3 Å². The third kappa shape index (κ3) is 3.78. The summed E-state index contributed by atoms with van der Waals surface area (Å²) in [6, 6.07) is 4.07. The Morgan fingerprint density at radius 3 is 2.81 bits per heavy atom. The number of rotatable bonds is 5. The summed E-state index contributed by atoms with van der Waals surface area (Å²) in [6.45, 7) is 2.98. The van der Waals surface area contributed by atoms with Crippen molar-refractivity contribution in [1.29, 1.82) is 0 Å². The Labute approximate surface area is 153 Å². The van der Waals surface area contributed by atoms with Crippen LogP contribution in [0.1, 0.15) is 18.4 Å². The van der Waals surface area contributed by atoms with Gasteiger partial charge in [-0.2, -0.15) is 0 Å². The highest BCUT2D eigenvalue weighted by atomic mass is 16.5. The van der Waals surface area contributed by atoms with Crippen LogP contribution in [0.15, 0.2) is 36.9 Å². The molecule has 0 radical (unpaired) electrons. The van der Waals surface area contributed by atoms with Crippen molar-refractivity contribution in [3.05, 3.63) is 42.5 Å². The van der Waals surface area contributed by atoms with Crippen molar-refractivity contribution in [3.63, 3.8) is 0 Å². The number of methoxy groups -OCH3 is 1. The quantitative estimate of drug-likeness (QED) is 0.842. The van der Waals surface area contributed by atoms with Gasteiger partial charge in [0.05, 0.1) is 25.5 Å². The van der Waals surface area contributed by atoms with Crippen LogP contribution in [0.2, 0.25) is 0 Å². The molecule has 4 rings (SSSR count). The van der Waals surface area contributed by atoms with E-state index in [2.05, 4.69) is 25.2 Å². The second-order valence-corrected chi connectivity index (χ2v) is 7.30. The lowest BCUT2D eigenvalue weighted by atomic mass is 9.77. The molecule has 1 aliphatic carbocycles. The van der Waals surface area contributed by atoms with Gasteiger partial charge >= 0.3 is 0 Å². The zero-order valence-corrected chi connectivity index (χ0v) is 15.0. The van der Waals surface area contributed by atoms with Crippen LogP contribution >= 0.6 is 0 Å². The Kier molecular flexibility index (Phi) is 4.99. The summed E-state index contributed by atoms with van der Waals surface area (Å²) >= 11 is 0. The van der Waals surface area contributed by atoms with Gasteiger partial charge in [0.25, 0.3) is 0 Å². The fourth-order valence-electron chi connectivity index (χ4n) is 4.29. The second kappa shape index (κ2) is 7.55. The first-order valence-electron chi connectivity index (χ1n) is 9.13. The Morgan fingerprint density at radius 1 is 1.19 bits per heavy atom. The van der Waals surface area contributed by atoms with E-state index in [1.807, 2.05) is 12.1 Å². The number of nitrogens with one attached hydrogen (secondary N) is 1. The molecule has 2 N–H and O–H groups in total. The Bertz CT molecular complexity index is 729. The first-order valence-corrected chi connectivity index (χ1v) is 9.13. The molecule has 1 saturated carbocycles. The van der Waals surface area contributed by atoms with E-state index < -0.39 is 0 Å². The van der Waals surface area contributed by atoms with E-state index in [1.165, 1.54) is 5.56 Å². The minimum atomic E-state index is -0.348. The summed E-state index contributed by atoms with van der Waals surface area (Å²) in [4.78, 5) is 15.0. The lowest BCUT2D eigenvalue weighted by Crippen LogP contribution is -2.43. The molecular formula is C19H25N5O2. The molecule has 2 fully saturated rings. The monoisotopic (exact) mass is 355 g/mol. The van der Waals surface area contributed by atoms with Gasteiger partial charge in [-0.25, -0.2) is 9.97 Å². The van der Waals surface area contributed by atoms with Crippen molar-refractivity contribution in [2.45, 2.75) is 31.5 Å². The van der Waals surface area contributed by atoms with Crippen LogP contribution in [0, 0.1) is 11.8 Å². The molecule has 1 saturated heterocycles. The number of pyridine rings is 1. The summed E-state index contributed by atoms with van der Waals surface area (Å²) < 4.78 is 5.22. The first kappa shape index (κ1) is 17.2. The van der Waals surface area contributed by atoms with E-state index in [0.29, 0.717) is 17.7 Å². The van der Waals surface area contributed by atoms with E-state index in [-0.39, 0.29) is 12.1 Å². The number of nitrogens with zero attached hydrogens (tertiary/aromatic N) is 4. The molecule has 1 aliphatic heterocycles. The molecule has 2 aromatic heterocycles. The van der Waals surface area contributed by atoms with Crippen molar-refractivity contribution >= 4 is 5.82 Å². The van der Waals surface area contributed by atoms with Crippen LogP contribution in [0.5, 0.6) is 5.88 Å². The van der Waals surface area contributed by atoms with Crippen LogP contribution in [0.4, 0.5) is 5.82 Å². The van der Waals surface area contributed by atoms with Crippen molar-refractivity contribution in [2.24, 2.45) is 11.8 Å². The van der Waals surface area contributed by atoms with E-state index in [4.69, 9.17) is 4.74 Å². The SMILES string of the molecule is COc1cc(CN2C[C@H]3C[C@@H](Nc4cnccn4)[C@H](O)C[C@H]3C2)ccn1. The van der Waals surface area contributed by atoms with Gasteiger partial charge in [-0.1, -0.05) is 0 Å². The molecule has 0 amide bonds. The average molecular weight is 355 g/mol. The summed E-state index contributed by atoms with van der Waals surface area (Å²) in [5.74, 6) is 2.53. The molecule has 0 unspecified atom stereocenters. The van der Waals surface area contributed by atoms with E-state index in [0.717, 1.165) is 38.3 Å². The van der Waals surface area contributed by atoms with Gasteiger partial charge in [-0.3, -0.25) is 9.88 Å². The van der Waals surface area contributed by atoms with E-state index in [9.17, 15) is 5.11 Å². The van der Waals surface area contributed by atoms with Crippen molar-refractivity contribution < 1.29 is 9.84 Å². The van der Waals surface area contributed by atoms with E-state index >= 15 is 0 Å². The highest BCUT2D eigenvalue weighted by Crippen LogP contribution is 2.38. The largest absolute Gasteiger partial charge is 0.481 e. The zero-order chi connectivity index (χ0) is 17.9. The minimum absolute atomic E-state index is 0.0360. The van der Waals surface area contributed by atoms with Gasteiger partial charge in [-0.05, 0) is 36.3 Å². The van der Waals surface area contributed by atoms with E-state index in [1.54, 1.807) is 31.9 Å². The van der Waals surface area contributed by atoms with Gasteiger partial charge in [0.2, 0.25) is 5.88 Å². The number of hydrogen-bond donors (Lipinski definition) is 2. The van der Waals surface area contributed by atoms with Crippen molar-refractivity contribution in [3.8, 4) is 5.88 Å². The fraction of sp³-hybridized carbons (Fsp3) is 0.526. The van der Waals surface area contributed by atoms with Crippen LogP contribution in [-0.2, 0) is 6.54 Å². The average Bonchev–Trinajstić information content (AvgIpc) is 3.04. The number of aliphatic hydroxyl groups is 1. The number of hydrogen-bond acceptors (Lipinski definition) is 7. The summed E-state index contributed by atoms with van der Waals surface area (Å²) in [5, 5.41) is 13.9. The molecule has 7 heteroatoms. The zero-order valence-electron chi connectivity index (χ0n) is 15.0. The van der Waals surface area contributed by atoms with Crippen LogP contribution in [0.3, 0.4) is 0 Å². The topological polar surface area (TPSA) is 83.4 Å². The molecule has 26 heavy (non-hydrogen) atoms. The maximum Gasteiger partial charge on any atom is 0.213 e. The molecule has 7 nitrogen and oxygen atoms in total. The fourth-order valence-corrected chi connectivity index (χ4v) is 4.29. The highest BCUT2D eigenvalue weighted by Gasteiger charge is 2.41. The van der Waals surface area contributed by atoms with Crippen molar-refractivity contribution in [1.82, 2.24) is 19.9 Å². The smallest absolute Gasteiger partial charge is 0.213 e. The predicted molar refractivity (Wildman–Crippen MR) is 97.7 cm³/mol. The number of fused-ring (bicyclic) bond motifs is 1. The summed E-state index contributed by atoms with van der Waals surface area (Å²) in [6.07, 6.45) is 8.26. The molecule has 0 spiro atoms. The van der Waals surface area contributed by atoms with Crippen LogP contribution in [-0.4, -0.2) is 57.3 Å². The number of anilines is 1. The molecule has 138 valence electrons. The van der Waals surface area contributed by atoms with Gasteiger partial charge in [-0.15, -0.1) is 0 Å². The minimum Gasteiger partial charge on any atom is -0.481 e. The lowest BCUT2D eigenvalue weighted by Gasteiger charge is -2.35. The van der Waals surface area contributed by atoms with Gasteiger partial charge in [0.15, 0.2) is 0 Å². The molecule has 0 aromatic carbocycles. The van der Waals surface area contributed by atoms with Crippen molar-refractivity contribution in [2.75, 3.05) is 25.5 Å². The molecule has 2 aliphatic rings. The Hall–Kier alpha value is -2.25. The summed E-state index contributed by atoms with van der Waals surface area (Å²) in [5.41, 5.74) is 1.21. The Morgan fingerprint density at radius 2 is 2.04 bits per heavy atom. The number of aliphatic hydroxyl groups excluding tert-OH is 1. The second-order valence-electron chi connectivity index (χ2n) is 7.30. The van der Waals surface area contributed by atoms with Gasteiger partial charge < -0.3 is 15.2 Å². The maximum absolute atomic E-state index is 10.6. The third-order valence-electron chi connectivity index (χ3n) is 5.53. The van der Waals surface area contributed by atoms with Crippen LogP contribution in [0.25, 0.3) is 0 Å². The number of aromatic nitrogens is 3. The summed E-state index contributed by atoms with van der Waals surface area (Å²) in [7, 11) is 1.64. The highest BCUT2D eigenvalue weighted by molar-refractivity contribution is 5.32. The molecule has 3 heterocycles. The predicted octanol–water partition coefficient (Wildman–Crippen LogP) is 1.56. The lowest BCUT2D eigenvalue weighted by molar-refractivity contribution is 0.0735. The third-order valence-corrected chi connectivity index (χ3v) is 5.53. The maximum atomic E-state index is 10.6. The van der Waals surface area contributed by atoms with Crippen LogP contribution < -0.4 is 10.1 Å². The number of likely N-dealkylation sites (tertiary alicyclic amines) is 1. The molecular weight excluding hydrogens is 330 g/mol. The molecule has 0 bridgehead atoms. The standard InChI is InChI=1S/C19H25N5O2/c1-26-19-6-13(2-3-22-19)10-24-11-14-7-16(17(25)8-15(14)12-24)23-18-9-20-4-5-21-18/h2-6,9,14-17,25H,7-8,10-12H2,1H3,(H,21,23)/t14-,15+,16-,17-/m1/s1. The first-order chi connectivity index (χ1) is 12.7.